The van der Waals surface area contributed by atoms with E-state index in [1.54, 1.807) is 0 Å². The summed E-state index contributed by atoms with van der Waals surface area (Å²) < 4.78 is 0. The molecule has 4 heteroatoms. The molecular formula is C10H17ClN2O. The van der Waals surface area contributed by atoms with Gasteiger partial charge in [0.15, 0.2) is 0 Å². The average molecular weight is 217 g/mol. The minimum atomic E-state index is -0.0131. The lowest BCUT2D eigenvalue weighted by Crippen LogP contribution is -2.58. The maximum absolute atomic E-state index is 10.9. The summed E-state index contributed by atoms with van der Waals surface area (Å²) in [5.41, 5.74) is 1.09. The summed E-state index contributed by atoms with van der Waals surface area (Å²) in [6.07, 6.45) is 3.20. The summed E-state index contributed by atoms with van der Waals surface area (Å²) in [4.78, 5) is 13.2. The van der Waals surface area contributed by atoms with Crippen molar-refractivity contribution in [3.05, 3.63) is 12.2 Å². The molecule has 2 aliphatic rings. The van der Waals surface area contributed by atoms with Crippen molar-refractivity contribution in [2.24, 2.45) is 0 Å². The van der Waals surface area contributed by atoms with Gasteiger partial charge in [-0.2, -0.15) is 0 Å². The molecule has 2 unspecified atom stereocenters. The minimum Gasteiger partial charge on any atom is -0.314 e. The molecule has 0 aromatic rings. The van der Waals surface area contributed by atoms with E-state index in [2.05, 4.69) is 16.8 Å². The molecule has 2 saturated heterocycles. The number of hydrogen-bond acceptors (Lipinski definition) is 3. The van der Waals surface area contributed by atoms with Crippen molar-refractivity contribution in [2.75, 3.05) is 19.6 Å². The molecule has 1 N–H and O–H groups in total. The fourth-order valence-corrected chi connectivity index (χ4v) is 2.32. The Morgan fingerprint density at radius 2 is 2.36 bits per heavy atom. The predicted octanol–water partition coefficient (Wildman–Crippen LogP) is 0.599. The van der Waals surface area contributed by atoms with Crippen molar-refractivity contribution in [3.63, 3.8) is 0 Å². The van der Waals surface area contributed by atoms with Crippen LogP contribution < -0.4 is 5.32 Å². The SMILES string of the molecule is C=C1CCC2CNCCN2C1C=O.Cl. The highest BCUT2D eigenvalue weighted by Crippen LogP contribution is 2.25. The zero-order valence-electron chi connectivity index (χ0n) is 8.24. The van der Waals surface area contributed by atoms with E-state index in [4.69, 9.17) is 0 Å². The number of carbonyl (C=O) groups is 1. The minimum absolute atomic E-state index is 0. The quantitative estimate of drug-likeness (QED) is 0.515. The monoisotopic (exact) mass is 216 g/mol. The molecule has 2 rings (SSSR count). The topological polar surface area (TPSA) is 32.3 Å². The smallest absolute Gasteiger partial charge is 0.141 e. The largest absolute Gasteiger partial charge is 0.314 e. The number of carbonyl (C=O) groups excluding carboxylic acids is 1. The molecule has 0 radical (unpaired) electrons. The molecule has 80 valence electrons. The van der Waals surface area contributed by atoms with Gasteiger partial charge >= 0.3 is 0 Å². The second-order valence-electron chi connectivity index (χ2n) is 3.87. The van der Waals surface area contributed by atoms with Gasteiger partial charge < -0.3 is 10.1 Å². The normalized spacial score (nSPS) is 33.0. The Balaban J connectivity index is 0.000000980. The van der Waals surface area contributed by atoms with Gasteiger partial charge in [0.05, 0.1) is 6.04 Å². The van der Waals surface area contributed by atoms with E-state index < -0.39 is 0 Å². The van der Waals surface area contributed by atoms with Crippen molar-refractivity contribution < 1.29 is 4.79 Å². The number of fused-ring (bicyclic) bond motifs is 1. The van der Waals surface area contributed by atoms with Gasteiger partial charge in [0.2, 0.25) is 0 Å². The van der Waals surface area contributed by atoms with Crippen LogP contribution in [0, 0.1) is 0 Å². The Morgan fingerprint density at radius 3 is 3.07 bits per heavy atom. The first-order valence-electron chi connectivity index (χ1n) is 4.92. The summed E-state index contributed by atoms with van der Waals surface area (Å²) >= 11 is 0. The summed E-state index contributed by atoms with van der Waals surface area (Å²) in [5.74, 6) is 0. The van der Waals surface area contributed by atoms with Crippen LogP contribution in [0.1, 0.15) is 12.8 Å². The third kappa shape index (κ3) is 2.00. The summed E-state index contributed by atoms with van der Waals surface area (Å²) in [6.45, 7) is 6.96. The van der Waals surface area contributed by atoms with Gasteiger partial charge in [-0.15, -0.1) is 12.4 Å². The number of piperazine rings is 1. The van der Waals surface area contributed by atoms with E-state index in [-0.39, 0.29) is 18.4 Å². The van der Waals surface area contributed by atoms with Gasteiger partial charge in [0, 0.05) is 25.7 Å². The molecule has 0 aromatic heterocycles. The van der Waals surface area contributed by atoms with E-state index in [1.807, 2.05) is 0 Å². The molecule has 3 nitrogen and oxygen atoms in total. The summed E-state index contributed by atoms with van der Waals surface area (Å²) in [7, 11) is 0. The Hall–Kier alpha value is -0.380. The first kappa shape index (κ1) is 11.7. The van der Waals surface area contributed by atoms with Crippen LogP contribution in [0.3, 0.4) is 0 Å². The number of piperidine rings is 1. The van der Waals surface area contributed by atoms with Crippen molar-refractivity contribution in [3.8, 4) is 0 Å². The molecule has 0 aliphatic carbocycles. The third-order valence-corrected chi connectivity index (χ3v) is 3.10. The Kier molecular flexibility index (Phi) is 4.11. The fraction of sp³-hybridized carbons (Fsp3) is 0.700. The lowest BCUT2D eigenvalue weighted by Gasteiger charge is -2.44. The highest BCUT2D eigenvalue weighted by Gasteiger charge is 2.33. The van der Waals surface area contributed by atoms with Crippen LogP contribution in [-0.2, 0) is 4.79 Å². The molecule has 2 fully saturated rings. The van der Waals surface area contributed by atoms with Crippen molar-refractivity contribution in [1.29, 1.82) is 0 Å². The Bertz CT molecular complexity index is 232. The average Bonchev–Trinajstić information content (AvgIpc) is 2.18. The van der Waals surface area contributed by atoms with Crippen molar-refractivity contribution in [1.82, 2.24) is 10.2 Å². The van der Waals surface area contributed by atoms with E-state index in [0.29, 0.717) is 6.04 Å². The highest BCUT2D eigenvalue weighted by molar-refractivity contribution is 5.85. The van der Waals surface area contributed by atoms with Gasteiger partial charge in [-0.1, -0.05) is 12.2 Å². The molecular weight excluding hydrogens is 200 g/mol. The molecule has 0 aromatic carbocycles. The van der Waals surface area contributed by atoms with Crippen LogP contribution in [-0.4, -0.2) is 42.9 Å². The molecule has 0 amide bonds. The number of nitrogens with one attached hydrogen (secondary N) is 1. The lowest BCUT2D eigenvalue weighted by molar-refractivity contribution is -0.113. The Morgan fingerprint density at radius 1 is 1.57 bits per heavy atom. The molecule has 2 aliphatic heterocycles. The maximum atomic E-state index is 10.9. The van der Waals surface area contributed by atoms with E-state index in [9.17, 15) is 4.79 Å². The fourth-order valence-electron chi connectivity index (χ4n) is 2.32. The first-order valence-corrected chi connectivity index (χ1v) is 4.92. The number of aldehydes is 1. The second kappa shape index (κ2) is 4.91. The van der Waals surface area contributed by atoms with Crippen LogP contribution >= 0.6 is 12.4 Å². The van der Waals surface area contributed by atoms with Gasteiger partial charge in [0.1, 0.15) is 6.29 Å². The summed E-state index contributed by atoms with van der Waals surface area (Å²) in [5, 5.41) is 3.36. The molecule has 0 saturated carbocycles. The standard InChI is InChI=1S/C10H16N2O.ClH/c1-8-2-3-9-6-11-4-5-12(9)10(8)7-13;/h7,9-11H,1-6H2;1H. The number of rotatable bonds is 1. The van der Waals surface area contributed by atoms with Crippen LogP contribution in [0.15, 0.2) is 12.2 Å². The zero-order chi connectivity index (χ0) is 9.26. The Labute approximate surface area is 90.9 Å². The molecule has 2 atom stereocenters. The van der Waals surface area contributed by atoms with Crippen LogP contribution in [0.2, 0.25) is 0 Å². The van der Waals surface area contributed by atoms with Gasteiger partial charge in [-0.05, 0) is 12.8 Å². The van der Waals surface area contributed by atoms with Gasteiger partial charge in [-0.25, -0.2) is 0 Å². The maximum Gasteiger partial charge on any atom is 0.141 e. The zero-order valence-corrected chi connectivity index (χ0v) is 9.05. The molecule has 0 bridgehead atoms. The highest BCUT2D eigenvalue weighted by atomic mass is 35.5. The number of hydrogen-bond donors (Lipinski definition) is 1. The molecule has 0 spiro atoms. The number of nitrogens with zero attached hydrogens (tertiary/aromatic N) is 1. The summed E-state index contributed by atoms with van der Waals surface area (Å²) in [6, 6.07) is 0.537. The van der Waals surface area contributed by atoms with E-state index in [1.165, 1.54) is 0 Å². The van der Waals surface area contributed by atoms with Crippen LogP contribution in [0.25, 0.3) is 0 Å². The van der Waals surface area contributed by atoms with E-state index in [0.717, 1.165) is 44.3 Å². The predicted molar refractivity (Wildman–Crippen MR) is 58.8 cm³/mol. The van der Waals surface area contributed by atoms with Crippen molar-refractivity contribution in [2.45, 2.75) is 24.9 Å². The molecule has 2 heterocycles. The number of halogens is 1. The van der Waals surface area contributed by atoms with Crippen LogP contribution in [0.5, 0.6) is 0 Å². The van der Waals surface area contributed by atoms with Gasteiger partial charge in [0.25, 0.3) is 0 Å². The second-order valence-corrected chi connectivity index (χ2v) is 3.87. The third-order valence-electron chi connectivity index (χ3n) is 3.10. The molecule has 14 heavy (non-hydrogen) atoms. The van der Waals surface area contributed by atoms with Crippen LogP contribution in [0.4, 0.5) is 0 Å². The first-order chi connectivity index (χ1) is 6.33. The lowest BCUT2D eigenvalue weighted by atomic mass is 9.91. The van der Waals surface area contributed by atoms with Gasteiger partial charge in [-0.3, -0.25) is 4.90 Å². The van der Waals surface area contributed by atoms with E-state index >= 15 is 0 Å². The van der Waals surface area contributed by atoms with Crippen molar-refractivity contribution >= 4 is 18.7 Å².